The van der Waals surface area contributed by atoms with E-state index in [1.54, 1.807) is 12.1 Å². The number of pyridine rings is 1. The van der Waals surface area contributed by atoms with Crippen LogP contribution in [0.15, 0.2) is 36.4 Å². The summed E-state index contributed by atoms with van der Waals surface area (Å²) in [7, 11) is 0. The number of hydrogen-bond acceptors (Lipinski definition) is 3. The van der Waals surface area contributed by atoms with Crippen LogP contribution >= 0.6 is 0 Å². The van der Waals surface area contributed by atoms with E-state index in [0.717, 1.165) is 24.3 Å². The summed E-state index contributed by atoms with van der Waals surface area (Å²) in [5.74, 6) is 0.944. The highest BCUT2D eigenvalue weighted by atomic mass is 19.1. The fraction of sp³-hybridized carbons (Fsp3) is 0.353. The van der Waals surface area contributed by atoms with Crippen LogP contribution in [-0.4, -0.2) is 11.5 Å². The molecule has 0 aliphatic rings. The maximum atomic E-state index is 13.2. The first-order valence-corrected chi connectivity index (χ1v) is 7.23. The van der Waals surface area contributed by atoms with Crippen molar-refractivity contribution in [2.75, 3.05) is 6.54 Å². The van der Waals surface area contributed by atoms with Gasteiger partial charge in [0.15, 0.2) is 0 Å². The molecule has 3 nitrogen and oxygen atoms in total. The summed E-state index contributed by atoms with van der Waals surface area (Å²) in [4.78, 5) is 4.49. The van der Waals surface area contributed by atoms with Crippen molar-refractivity contribution in [1.29, 1.82) is 0 Å². The quantitative estimate of drug-likeness (QED) is 0.863. The van der Waals surface area contributed by atoms with Gasteiger partial charge in [-0.05, 0) is 36.2 Å². The number of halogens is 1. The van der Waals surface area contributed by atoms with Crippen LogP contribution in [0.2, 0.25) is 0 Å². The van der Waals surface area contributed by atoms with Gasteiger partial charge in [0.05, 0.1) is 0 Å². The Morgan fingerprint density at radius 1 is 1.24 bits per heavy atom. The fourth-order valence-corrected chi connectivity index (χ4v) is 1.95. The number of benzene rings is 1. The normalized spacial score (nSPS) is 10.9. The van der Waals surface area contributed by atoms with Gasteiger partial charge in [0.1, 0.15) is 11.6 Å². The van der Waals surface area contributed by atoms with Gasteiger partial charge in [0.2, 0.25) is 5.88 Å². The molecule has 21 heavy (non-hydrogen) atoms. The summed E-state index contributed by atoms with van der Waals surface area (Å²) in [5.41, 5.74) is 2.08. The SMILES string of the molecule is CCNCc1cc(Oc2cccc(F)c2)nc(C(C)C)c1. The van der Waals surface area contributed by atoms with Gasteiger partial charge in [-0.1, -0.05) is 26.8 Å². The predicted octanol–water partition coefficient (Wildman–Crippen LogP) is 4.25. The van der Waals surface area contributed by atoms with E-state index in [-0.39, 0.29) is 5.82 Å². The maximum absolute atomic E-state index is 13.2. The highest BCUT2D eigenvalue weighted by Crippen LogP contribution is 2.24. The molecule has 0 fully saturated rings. The summed E-state index contributed by atoms with van der Waals surface area (Å²) in [5, 5.41) is 3.29. The molecule has 0 radical (unpaired) electrons. The minimum Gasteiger partial charge on any atom is -0.439 e. The lowest BCUT2D eigenvalue weighted by Crippen LogP contribution is -2.12. The van der Waals surface area contributed by atoms with Crippen LogP contribution in [-0.2, 0) is 6.54 Å². The monoisotopic (exact) mass is 288 g/mol. The second-order valence-electron chi connectivity index (χ2n) is 5.23. The third-order valence-electron chi connectivity index (χ3n) is 3.07. The first kappa shape index (κ1) is 15.4. The molecule has 0 atom stereocenters. The van der Waals surface area contributed by atoms with Crippen LogP contribution in [0.3, 0.4) is 0 Å². The second-order valence-corrected chi connectivity index (χ2v) is 5.23. The smallest absolute Gasteiger partial charge is 0.219 e. The average Bonchev–Trinajstić information content (AvgIpc) is 2.45. The maximum Gasteiger partial charge on any atom is 0.219 e. The van der Waals surface area contributed by atoms with Crippen molar-refractivity contribution in [2.24, 2.45) is 0 Å². The van der Waals surface area contributed by atoms with Crippen LogP contribution in [0.5, 0.6) is 11.6 Å². The number of nitrogens with zero attached hydrogens (tertiary/aromatic N) is 1. The van der Waals surface area contributed by atoms with Crippen LogP contribution in [0.25, 0.3) is 0 Å². The van der Waals surface area contributed by atoms with Gasteiger partial charge >= 0.3 is 0 Å². The number of ether oxygens (including phenoxy) is 1. The molecule has 4 heteroatoms. The van der Waals surface area contributed by atoms with Crippen molar-refractivity contribution in [3.63, 3.8) is 0 Å². The average molecular weight is 288 g/mol. The van der Waals surface area contributed by atoms with Crippen molar-refractivity contribution in [3.8, 4) is 11.6 Å². The Balaban J connectivity index is 2.26. The van der Waals surface area contributed by atoms with E-state index in [2.05, 4.69) is 37.1 Å². The Hall–Kier alpha value is -1.94. The Labute approximate surface area is 125 Å². The van der Waals surface area contributed by atoms with E-state index in [1.807, 2.05) is 6.07 Å². The minimum absolute atomic E-state index is 0.307. The zero-order valence-electron chi connectivity index (χ0n) is 12.7. The van der Waals surface area contributed by atoms with Crippen LogP contribution in [0, 0.1) is 5.82 Å². The van der Waals surface area contributed by atoms with Gasteiger partial charge in [-0.3, -0.25) is 0 Å². The number of hydrogen-bond donors (Lipinski definition) is 1. The standard InChI is InChI=1S/C17H21FN2O/c1-4-19-11-13-8-16(12(2)3)20-17(9-13)21-15-7-5-6-14(18)10-15/h5-10,12,19H,4,11H2,1-3H3. The largest absolute Gasteiger partial charge is 0.439 e. The Morgan fingerprint density at radius 2 is 2.05 bits per heavy atom. The molecule has 1 N–H and O–H groups in total. The molecule has 0 aliphatic heterocycles. The van der Waals surface area contributed by atoms with Crippen LogP contribution in [0.1, 0.15) is 37.9 Å². The molecule has 112 valence electrons. The van der Waals surface area contributed by atoms with Gasteiger partial charge in [-0.2, -0.15) is 0 Å². The van der Waals surface area contributed by atoms with E-state index >= 15 is 0 Å². The number of aromatic nitrogens is 1. The molecule has 0 aliphatic carbocycles. The highest BCUT2D eigenvalue weighted by molar-refractivity contribution is 5.31. The molecule has 0 saturated heterocycles. The predicted molar refractivity (Wildman–Crippen MR) is 82.2 cm³/mol. The molecule has 1 aromatic heterocycles. The van der Waals surface area contributed by atoms with E-state index < -0.39 is 0 Å². The minimum atomic E-state index is -0.319. The summed E-state index contributed by atoms with van der Waals surface area (Å²) in [6.45, 7) is 7.91. The lowest BCUT2D eigenvalue weighted by molar-refractivity contribution is 0.453. The van der Waals surface area contributed by atoms with Crippen LogP contribution < -0.4 is 10.1 Å². The molecule has 1 heterocycles. The van der Waals surface area contributed by atoms with E-state index in [0.29, 0.717) is 17.5 Å². The van der Waals surface area contributed by atoms with Gasteiger partial charge in [-0.25, -0.2) is 9.37 Å². The van der Waals surface area contributed by atoms with E-state index in [4.69, 9.17) is 4.74 Å². The summed E-state index contributed by atoms with van der Waals surface area (Å²) in [6.07, 6.45) is 0. The van der Waals surface area contributed by atoms with Crippen molar-refractivity contribution in [3.05, 3.63) is 53.5 Å². The first-order valence-electron chi connectivity index (χ1n) is 7.23. The summed E-state index contributed by atoms with van der Waals surface area (Å²) >= 11 is 0. The van der Waals surface area contributed by atoms with Crippen molar-refractivity contribution >= 4 is 0 Å². The Morgan fingerprint density at radius 3 is 2.71 bits per heavy atom. The van der Waals surface area contributed by atoms with E-state index in [9.17, 15) is 4.39 Å². The van der Waals surface area contributed by atoms with Gasteiger partial charge in [0.25, 0.3) is 0 Å². The number of nitrogens with one attached hydrogen (secondary N) is 1. The molecule has 2 rings (SSSR count). The zero-order chi connectivity index (χ0) is 15.2. The van der Waals surface area contributed by atoms with Crippen molar-refractivity contribution in [1.82, 2.24) is 10.3 Å². The molecule has 0 unspecified atom stereocenters. The second kappa shape index (κ2) is 7.18. The Bertz CT molecular complexity index is 599. The lowest BCUT2D eigenvalue weighted by atomic mass is 10.1. The molecule has 0 saturated carbocycles. The van der Waals surface area contributed by atoms with Gasteiger partial charge in [-0.15, -0.1) is 0 Å². The first-order chi connectivity index (χ1) is 10.1. The topological polar surface area (TPSA) is 34.1 Å². The van der Waals surface area contributed by atoms with Gasteiger partial charge < -0.3 is 10.1 Å². The van der Waals surface area contributed by atoms with Crippen LogP contribution in [0.4, 0.5) is 4.39 Å². The lowest BCUT2D eigenvalue weighted by Gasteiger charge is -2.12. The van der Waals surface area contributed by atoms with Crippen molar-refractivity contribution < 1.29 is 9.13 Å². The third kappa shape index (κ3) is 4.53. The molecule has 0 bridgehead atoms. The molecule has 1 aromatic carbocycles. The zero-order valence-corrected chi connectivity index (χ0v) is 12.7. The summed E-state index contributed by atoms with van der Waals surface area (Å²) in [6, 6.07) is 10.0. The summed E-state index contributed by atoms with van der Waals surface area (Å²) < 4.78 is 18.9. The molecular weight excluding hydrogens is 267 g/mol. The molecule has 2 aromatic rings. The molecule has 0 amide bonds. The molecule has 0 spiro atoms. The van der Waals surface area contributed by atoms with Crippen molar-refractivity contribution in [2.45, 2.75) is 33.2 Å². The van der Waals surface area contributed by atoms with E-state index in [1.165, 1.54) is 12.1 Å². The molecular formula is C17H21FN2O. The van der Waals surface area contributed by atoms with Gasteiger partial charge in [0, 0.05) is 24.4 Å². The Kier molecular flexibility index (Phi) is 5.28. The third-order valence-corrected chi connectivity index (χ3v) is 3.07. The number of rotatable bonds is 6. The highest BCUT2D eigenvalue weighted by Gasteiger charge is 2.08. The fourth-order valence-electron chi connectivity index (χ4n) is 1.95.